The van der Waals surface area contributed by atoms with Crippen LogP contribution in [0.1, 0.15) is 51.8 Å². The zero-order valence-electron chi connectivity index (χ0n) is 16.8. The summed E-state index contributed by atoms with van der Waals surface area (Å²) >= 11 is 0. The van der Waals surface area contributed by atoms with Gasteiger partial charge in [0.2, 0.25) is 11.8 Å². The van der Waals surface area contributed by atoms with Crippen LogP contribution in [0.5, 0.6) is 0 Å². The number of carbonyl (C=O) groups is 2. The van der Waals surface area contributed by atoms with Gasteiger partial charge in [-0.1, -0.05) is 13.8 Å². The van der Waals surface area contributed by atoms with Crippen molar-refractivity contribution in [2.24, 2.45) is 18.9 Å². The highest BCUT2D eigenvalue weighted by molar-refractivity contribution is 5.89. The molecular weight excluding hydrogens is 346 g/mol. The molecule has 1 atom stereocenters. The van der Waals surface area contributed by atoms with Crippen LogP contribution in [0, 0.1) is 11.8 Å². The molecule has 0 aromatic carbocycles. The van der Waals surface area contributed by atoms with E-state index in [4.69, 9.17) is 0 Å². The summed E-state index contributed by atoms with van der Waals surface area (Å²) < 4.78 is 3.12. The molecule has 8 heteroatoms. The molecule has 2 amide bonds. The number of aromatic nitrogens is 3. The first-order valence-corrected chi connectivity index (χ1v) is 10.0. The molecule has 0 bridgehead atoms. The summed E-state index contributed by atoms with van der Waals surface area (Å²) in [6.07, 6.45) is 1.94. The number of nitrogens with zero attached hydrogens (tertiary/aromatic N) is 5. The fourth-order valence-electron chi connectivity index (χ4n) is 4.29. The Morgan fingerprint density at radius 3 is 2.48 bits per heavy atom. The summed E-state index contributed by atoms with van der Waals surface area (Å²) in [4.78, 5) is 40.9. The van der Waals surface area contributed by atoms with Gasteiger partial charge in [-0.25, -0.2) is 9.48 Å². The van der Waals surface area contributed by atoms with Gasteiger partial charge in [-0.15, -0.1) is 0 Å². The van der Waals surface area contributed by atoms with Gasteiger partial charge in [0.25, 0.3) is 0 Å². The second-order valence-corrected chi connectivity index (χ2v) is 8.20. The van der Waals surface area contributed by atoms with Crippen molar-refractivity contribution in [1.82, 2.24) is 24.1 Å². The third-order valence-corrected chi connectivity index (χ3v) is 5.67. The highest BCUT2D eigenvalue weighted by atomic mass is 16.2. The smallest absolute Gasteiger partial charge is 0.342 e. The molecule has 27 heavy (non-hydrogen) atoms. The quantitative estimate of drug-likeness (QED) is 0.761. The number of amides is 2. The lowest BCUT2D eigenvalue weighted by molar-refractivity contribution is -0.136. The first kappa shape index (κ1) is 19.6. The Labute approximate surface area is 160 Å². The van der Waals surface area contributed by atoms with Crippen LogP contribution in [0.15, 0.2) is 4.79 Å². The number of piperidine rings is 1. The zero-order valence-corrected chi connectivity index (χ0v) is 16.8. The lowest BCUT2D eigenvalue weighted by Crippen LogP contribution is -2.42. The lowest BCUT2D eigenvalue weighted by Gasteiger charge is -2.33. The Morgan fingerprint density at radius 1 is 1.22 bits per heavy atom. The van der Waals surface area contributed by atoms with E-state index in [-0.39, 0.29) is 29.3 Å². The first-order chi connectivity index (χ1) is 12.8. The normalized spacial score (nSPS) is 21.5. The second-order valence-electron chi connectivity index (χ2n) is 8.20. The summed E-state index contributed by atoms with van der Waals surface area (Å²) in [6.45, 7) is 9.31. The molecule has 150 valence electrons. The monoisotopic (exact) mass is 377 g/mol. The second kappa shape index (κ2) is 7.86. The van der Waals surface area contributed by atoms with Gasteiger partial charge in [0.1, 0.15) is 5.82 Å². The number of aryl methyl sites for hydroxylation is 1. The molecule has 0 spiro atoms. The molecule has 1 aromatic heterocycles. The molecular formula is C19H31N5O3. The topological polar surface area (TPSA) is 80.4 Å². The molecule has 3 heterocycles. The minimum absolute atomic E-state index is 0.0827. The van der Waals surface area contributed by atoms with Crippen molar-refractivity contribution in [3.05, 3.63) is 16.3 Å². The van der Waals surface area contributed by atoms with Gasteiger partial charge >= 0.3 is 5.69 Å². The van der Waals surface area contributed by atoms with E-state index in [2.05, 4.69) is 18.9 Å². The third-order valence-electron chi connectivity index (χ3n) is 5.67. The van der Waals surface area contributed by atoms with Crippen LogP contribution in [-0.4, -0.2) is 62.1 Å². The van der Waals surface area contributed by atoms with E-state index in [1.807, 2.05) is 16.7 Å². The van der Waals surface area contributed by atoms with E-state index < -0.39 is 0 Å². The van der Waals surface area contributed by atoms with Crippen molar-refractivity contribution in [2.75, 3.05) is 26.2 Å². The average Bonchev–Trinajstić information content (AvgIpc) is 3.14. The van der Waals surface area contributed by atoms with Crippen LogP contribution in [0.4, 0.5) is 0 Å². The van der Waals surface area contributed by atoms with Crippen LogP contribution in [0.3, 0.4) is 0 Å². The third kappa shape index (κ3) is 3.94. The Balaban J connectivity index is 1.60. The fraction of sp³-hybridized carbons (Fsp3) is 0.789. The maximum Gasteiger partial charge on any atom is 0.345 e. The van der Waals surface area contributed by atoms with Crippen LogP contribution in [-0.2, 0) is 23.2 Å². The SMILES string of the molecule is CCn1c(C2CCN(C(=O)[C@H]3CC(=O)N(CC(C)C)C3)CC2)nn(C)c1=O. The van der Waals surface area contributed by atoms with Crippen molar-refractivity contribution in [3.63, 3.8) is 0 Å². The Hall–Kier alpha value is -2.12. The molecule has 0 unspecified atom stereocenters. The fourth-order valence-corrected chi connectivity index (χ4v) is 4.29. The summed E-state index contributed by atoms with van der Waals surface area (Å²) in [6, 6.07) is 0. The predicted molar refractivity (Wildman–Crippen MR) is 101 cm³/mol. The minimum atomic E-state index is -0.212. The number of hydrogen-bond donors (Lipinski definition) is 0. The Morgan fingerprint density at radius 2 is 1.89 bits per heavy atom. The maximum absolute atomic E-state index is 12.9. The molecule has 0 aliphatic carbocycles. The molecule has 3 rings (SSSR count). The number of hydrogen-bond acceptors (Lipinski definition) is 4. The van der Waals surface area contributed by atoms with Crippen LogP contribution in [0.2, 0.25) is 0 Å². The average molecular weight is 377 g/mol. The standard InChI is InChI=1S/C19H31N5O3/c1-5-24-17(20-21(4)19(24)27)14-6-8-22(9-7-14)18(26)15-10-16(25)23(12-15)11-13(2)3/h13-15H,5-12H2,1-4H3/t15-/m0/s1. The highest BCUT2D eigenvalue weighted by Gasteiger charge is 2.38. The minimum Gasteiger partial charge on any atom is -0.342 e. The van der Waals surface area contributed by atoms with Crippen molar-refractivity contribution in [3.8, 4) is 0 Å². The van der Waals surface area contributed by atoms with Crippen molar-refractivity contribution < 1.29 is 9.59 Å². The van der Waals surface area contributed by atoms with Gasteiger partial charge in [0, 0.05) is 52.1 Å². The first-order valence-electron chi connectivity index (χ1n) is 10.0. The predicted octanol–water partition coefficient (Wildman–Crippen LogP) is 0.812. The summed E-state index contributed by atoms with van der Waals surface area (Å²) in [5.41, 5.74) is -0.0827. The molecule has 0 radical (unpaired) electrons. The Kier molecular flexibility index (Phi) is 5.72. The Bertz CT molecular complexity index is 758. The number of carbonyl (C=O) groups excluding carboxylic acids is 2. The van der Waals surface area contributed by atoms with Gasteiger partial charge in [-0.3, -0.25) is 14.2 Å². The summed E-state index contributed by atoms with van der Waals surface area (Å²) in [5, 5.41) is 4.41. The number of rotatable bonds is 5. The van der Waals surface area contributed by atoms with Crippen LogP contribution in [0.25, 0.3) is 0 Å². The van der Waals surface area contributed by atoms with Gasteiger partial charge in [0.05, 0.1) is 5.92 Å². The van der Waals surface area contributed by atoms with Crippen molar-refractivity contribution in [2.45, 2.75) is 52.5 Å². The summed E-state index contributed by atoms with van der Waals surface area (Å²) in [7, 11) is 1.68. The molecule has 2 aliphatic rings. The van der Waals surface area contributed by atoms with Crippen LogP contribution >= 0.6 is 0 Å². The van der Waals surface area contributed by atoms with Crippen molar-refractivity contribution in [1.29, 1.82) is 0 Å². The largest absolute Gasteiger partial charge is 0.345 e. The molecule has 8 nitrogen and oxygen atoms in total. The molecule has 0 saturated carbocycles. The van der Waals surface area contributed by atoms with E-state index in [0.717, 1.165) is 25.2 Å². The van der Waals surface area contributed by atoms with E-state index in [0.29, 0.717) is 38.5 Å². The van der Waals surface area contributed by atoms with Crippen molar-refractivity contribution >= 4 is 11.8 Å². The molecule has 2 saturated heterocycles. The van der Waals surface area contributed by atoms with Crippen LogP contribution < -0.4 is 5.69 Å². The lowest BCUT2D eigenvalue weighted by atomic mass is 9.94. The van der Waals surface area contributed by atoms with Gasteiger partial charge in [0.15, 0.2) is 0 Å². The number of likely N-dealkylation sites (tertiary alicyclic amines) is 2. The van der Waals surface area contributed by atoms with Gasteiger partial charge in [-0.05, 0) is 25.7 Å². The maximum atomic E-state index is 12.9. The molecule has 1 aromatic rings. The summed E-state index contributed by atoms with van der Waals surface area (Å²) in [5.74, 6) is 1.42. The zero-order chi connectivity index (χ0) is 19.7. The van der Waals surface area contributed by atoms with E-state index >= 15 is 0 Å². The highest BCUT2D eigenvalue weighted by Crippen LogP contribution is 2.28. The van der Waals surface area contributed by atoms with E-state index in [9.17, 15) is 14.4 Å². The molecule has 2 aliphatic heterocycles. The van der Waals surface area contributed by atoms with Gasteiger partial charge < -0.3 is 9.80 Å². The molecule has 0 N–H and O–H groups in total. The van der Waals surface area contributed by atoms with E-state index in [1.165, 1.54) is 4.68 Å². The molecule has 2 fully saturated rings. The van der Waals surface area contributed by atoms with Gasteiger partial charge in [-0.2, -0.15) is 5.10 Å². The van der Waals surface area contributed by atoms with E-state index in [1.54, 1.807) is 11.6 Å².